The van der Waals surface area contributed by atoms with E-state index in [0.29, 0.717) is 22.8 Å². The van der Waals surface area contributed by atoms with E-state index in [0.717, 1.165) is 36.4 Å². The molecule has 0 saturated carbocycles. The first kappa shape index (κ1) is 22.2. The van der Waals surface area contributed by atoms with Gasteiger partial charge in [0.2, 0.25) is 5.91 Å². The Morgan fingerprint density at radius 2 is 1.80 bits per heavy atom. The van der Waals surface area contributed by atoms with Crippen LogP contribution in [0.25, 0.3) is 0 Å². The van der Waals surface area contributed by atoms with E-state index in [9.17, 15) is 9.59 Å². The van der Waals surface area contributed by atoms with Gasteiger partial charge in [-0.25, -0.2) is 0 Å². The molecule has 0 spiro atoms. The summed E-state index contributed by atoms with van der Waals surface area (Å²) >= 11 is 1.41. The van der Waals surface area contributed by atoms with E-state index in [1.807, 2.05) is 41.3 Å². The highest BCUT2D eigenvalue weighted by Crippen LogP contribution is 2.32. The third kappa shape index (κ3) is 5.36. The Hall–Kier alpha value is -2.47. The molecule has 160 valence electrons. The number of rotatable bonds is 6. The lowest BCUT2D eigenvalue weighted by Crippen LogP contribution is -2.29. The third-order valence-electron chi connectivity index (χ3n) is 5.26. The Balaban J connectivity index is 1.77. The van der Waals surface area contributed by atoms with Crippen molar-refractivity contribution in [1.29, 1.82) is 0 Å². The van der Waals surface area contributed by atoms with E-state index in [-0.39, 0.29) is 17.2 Å². The fourth-order valence-corrected chi connectivity index (χ4v) is 4.39. The van der Waals surface area contributed by atoms with Crippen LogP contribution in [0.1, 0.15) is 49.5 Å². The molecule has 0 radical (unpaired) electrons. The Morgan fingerprint density at radius 3 is 2.47 bits per heavy atom. The molecule has 2 aromatic rings. The van der Waals surface area contributed by atoms with Crippen molar-refractivity contribution in [3.8, 4) is 5.75 Å². The maximum atomic E-state index is 13.1. The standard InChI is InChI=1S/C24H30N2O3S/c1-24(2,3)17-11-12-20(29-4)19(15-17)25-23(28)18-9-5-6-10-21(18)30-16-22(27)26-13-7-8-14-26/h5-6,9-12,15H,7-8,13-14,16H2,1-4H3,(H,25,28). The molecule has 2 aromatic carbocycles. The van der Waals surface area contributed by atoms with Crippen molar-refractivity contribution in [2.24, 2.45) is 0 Å². The second-order valence-corrected chi connectivity index (χ2v) is 9.51. The molecule has 1 aliphatic heterocycles. The molecule has 1 N–H and O–H groups in total. The average molecular weight is 427 g/mol. The van der Waals surface area contributed by atoms with Gasteiger partial charge in [0.25, 0.3) is 5.91 Å². The normalized spacial score (nSPS) is 13.9. The quantitative estimate of drug-likeness (QED) is 0.664. The second-order valence-electron chi connectivity index (χ2n) is 8.49. The van der Waals surface area contributed by atoms with Crippen LogP contribution in [0.4, 0.5) is 5.69 Å². The molecule has 3 rings (SSSR count). The molecular formula is C24H30N2O3S. The first-order chi connectivity index (χ1) is 14.3. The lowest BCUT2D eigenvalue weighted by atomic mass is 9.87. The van der Waals surface area contributed by atoms with E-state index in [1.54, 1.807) is 13.2 Å². The van der Waals surface area contributed by atoms with Crippen LogP contribution in [0, 0.1) is 0 Å². The Bertz CT molecular complexity index is 915. The predicted molar refractivity (Wildman–Crippen MR) is 123 cm³/mol. The van der Waals surface area contributed by atoms with Gasteiger partial charge in [-0.3, -0.25) is 9.59 Å². The Morgan fingerprint density at radius 1 is 1.10 bits per heavy atom. The van der Waals surface area contributed by atoms with Crippen LogP contribution in [0.15, 0.2) is 47.4 Å². The minimum absolute atomic E-state index is 0.0462. The zero-order valence-electron chi connectivity index (χ0n) is 18.2. The van der Waals surface area contributed by atoms with Crippen LogP contribution in [0.5, 0.6) is 5.75 Å². The zero-order valence-corrected chi connectivity index (χ0v) is 19.0. The van der Waals surface area contributed by atoms with Gasteiger partial charge in [-0.15, -0.1) is 11.8 Å². The third-order valence-corrected chi connectivity index (χ3v) is 6.31. The van der Waals surface area contributed by atoms with E-state index < -0.39 is 0 Å². The summed E-state index contributed by atoms with van der Waals surface area (Å²) in [6, 6.07) is 13.3. The number of methoxy groups -OCH3 is 1. The summed E-state index contributed by atoms with van der Waals surface area (Å²) in [6.07, 6.45) is 2.15. The molecule has 0 unspecified atom stereocenters. The van der Waals surface area contributed by atoms with E-state index in [2.05, 4.69) is 26.1 Å². The van der Waals surface area contributed by atoms with Gasteiger partial charge in [0.15, 0.2) is 0 Å². The summed E-state index contributed by atoms with van der Waals surface area (Å²) < 4.78 is 5.45. The van der Waals surface area contributed by atoms with Crippen LogP contribution >= 0.6 is 11.8 Å². The lowest BCUT2D eigenvalue weighted by molar-refractivity contribution is -0.127. The summed E-state index contributed by atoms with van der Waals surface area (Å²) in [5.74, 6) is 0.877. The number of thioether (sulfide) groups is 1. The molecule has 0 aromatic heterocycles. The summed E-state index contributed by atoms with van der Waals surface area (Å²) in [7, 11) is 1.59. The van der Waals surface area contributed by atoms with Crippen LogP contribution in [-0.2, 0) is 10.2 Å². The van der Waals surface area contributed by atoms with Crippen LogP contribution < -0.4 is 10.1 Å². The first-order valence-electron chi connectivity index (χ1n) is 10.3. The number of hydrogen-bond donors (Lipinski definition) is 1. The number of benzene rings is 2. The molecule has 1 saturated heterocycles. The first-order valence-corrected chi connectivity index (χ1v) is 11.3. The fourth-order valence-electron chi connectivity index (χ4n) is 3.44. The molecule has 1 heterocycles. The highest BCUT2D eigenvalue weighted by Gasteiger charge is 2.21. The number of nitrogens with one attached hydrogen (secondary N) is 1. The number of ether oxygens (including phenoxy) is 1. The van der Waals surface area contributed by atoms with Gasteiger partial charge in [-0.2, -0.15) is 0 Å². The predicted octanol–water partition coefficient (Wildman–Crippen LogP) is 4.96. The minimum atomic E-state index is -0.212. The topological polar surface area (TPSA) is 58.6 Å². The molecule has 0 aliphatic carbocycles. The molecule has 30 heavy (non-hydrogen) atoms. The fraction of sp³-hybridized carbons (Fsp3) is 0.417. The summed E-state index contributed by atoms with van der Waals surface area (Å²) in [6.45, 7) is 8.06. The zero-order chi connectivity index (χ0) is 21.7. The van der Waals surface area contributed by atoms with Gasteiger partial charge in [-0.05, 0) is 48.1 Å². The maximum Gasteiger partial charge on any atom is 0.256 e. The van der Waals surface area contributed by atoms with Gasteiger partial charge < -0.3 is 15.0 Å². The lowest BCUT2D eigenvalue weighted by Gasteiger charge is -2.21. The average Bonchev–Trinajstić information content (AvgIpc) is 3.26. The molecular weight excluding hydrogens is 396 g/mol. The van der Waals surface area contributed by atoms with Gasteiger partial charge >= 0.3 is 0 Å². The molecule has 2 amide bonds. The molecule has 1 aliphatic rings. The monoisotopic (exact) mass is 426 g/mol. The summed E-state index contributed by atoms with van der Waals surface area (Å²) in [5, 5.41) is 3.00. The van der Waals surface area contributed by atoms with Gasteiger partial charge in [0.05, 0.1) is 24.1 Å². The molecule has 0 bridgehead atoms. The van der Waals surface area contributed by atoms with Crippen molar-refractivity contribution in [2.75, 3.05) is 31.3 Å². The van der Waals surface area contributed by atoms with E-state index in [4.69, 9.17) is 4.74 Å². The van der Waals surface area contributed by atoms with Crippen LogP contribution in [0.2, 0.25) is 0 Å². The van der Waals surface area contributed by atoms with E-state index in [1.165, 1.54) is 11.8 Å². The number of amides is 2. The molecule has 5 nitrogen and oxygen atoms in total. The number of anilines is 1. The highest BCUT2D eigenvalue weighted by atomic mass is 32.2. The van der Waals surface area contributed by atoms with Crippen molar-refractivity contribution < 1.29 is 14.3 Å². The van der Waals surface area contributed by atoms with Crippen molar-refractivity contribution in [3.63, 3.8) is 0 Å². The number of likely N-dealkylation sites (tertiary alicyclic amines) is 1. The van der Waals surface area contributed by atoms with Crippen molar-refractivity contribution in [1.82, 2.24) is 4.90 Å². The van der Waals surface area contributed by atoms with Gasteiger partial charge in [-0.1, -0.05) is 39.0 Å². The number of hydrogen-bond acceptors (Lipinski definition) is 4. The number of carbonyl (C=O) groups excluding carboxylic acids is 2. The van der Waals surface area contributed by atoms with E-state index >= 15 is 0 Å². The van der Waals surface area contributed by atoms with Gasteiger partial charge in [0, 0.05) is 18.0 Å². The van der Waals surface area contributed by atoms with Crippen molar-refractivity contribution >= 4 is 29.3 Å². The number of nitrogens with zero attached hydrogens (tertiary/aromatic N) is 1. The largest absolute Gasteiger partial charge is 0.495 e. The smallest absolute Gasteiger partial charge is 0.256 e. The van der Waals surface area contributed by atoms with Gasteiger partial charge in [0.1, 0.15) is 5.75 Å². The number of carbonyl (C=O) groups is 2. The minimum Gasteiger partial charge on any atom is -0.495 e. The summed E-state index contributed by atoms with van der Waals surface area (Å²) in [5.41, 5.74) is 2.26. The Labute approximate surface area is 183 Å². The maximum absolute atomic E-state index is 13.1. The highest BCUT2D eigenvalue weighted by molar-refractivity contribution is 8.00. The molecule has 6 heteroatoms. The molecule has 1 fully saturated rings. The van der Waals surface area contributed by atoms with Crippen LogP contribution in [0.3, 0.4) is 0 Å². The van der Waals surface area contributed by atoms with Crippen LogP contribution in [-0.4, -0.2) is 42.7 Å². The summed E-state index contributed by atoms with van der Waals surface area (Å²) in [4.78, 5) is 28.2. The Kier molecular flexibility index (Phi) is 7.08. The van der Waals surface area contributed by atoms with Crippen molar-refractivity contribution in [3.05, 3.63) is 53.6 Å². The molecule has 0 atom stereocenters. The van der Waals surface area contributed by atoms with Crippen molar-refractivity contribution in [2.45, 2.75) is 43.9 Å². The SMILES string of the molecule is COc1ccc(C(C)(C)C)cc1NC(=O)c1ccccc1SCC(=O)N1CCCC1. The second kappa shape index (κ2) is 9.56.